The van der Waals surface area contributed by atoms with Crippen LogP contribution in [0.25, 0.3) is 10.4 Å². The second-order valence-electron chi connectivity index (χ2n) is 1.43. The predicted octanol–water partition coefficient (Wildman–Crippen LogP) is 1.72. The summed E-state index contributed by atoms with van der Waals surface area (Å²) in [5, 5.41) is 3.25. The van der Waals surface area contributed by atoms with E-state index in [2.05, 4.69) is 10.0 Å². The second-order valence-corrected chi connectivity index (χ2v) is 1.43. The van der Waals surface area contributed by atoms with Gasteiger partial charge in [0.1, 0.15) is 6.61 Å². The highest BCUT2D eigenvalue weighted by Gasteiger charge is 1.93. The minimum absolute atomic E-state index is 0.333. The molecule has 1 heterocycles. The first-order valence-electron chi connectivity index (χ1n) is 2.48. The normalized spacial score (nSPS) is 15.3. The van der Waals surface area contributed by atoms with Crippen molar-refractivity contribution in [1.82, 2.24) is 0 Å². The maximum Gasteiger partial charge on any atom is 0.183 e. The van der Waals surface area contributed by atoms with Gasteiger partial charge in [-0.25, -0.2) is 0 Å². The molecule has 0 aliphatic carbocycles. The molecule has 0 saturated heterocycles. The number of hydrogen-bond donors (Lipinski definition) is 0. The van der Waals surface area contributed by atoms with Crippen LogP contribution >= 0.6 is 0 Å². The Labute approximate surface area is 52.1 Å². The molecule has 0 unspecified atom stereocenters. The van der Waals surface area contributed by atoms with E-state index in [-0.39, 0.29) is 0 Å². The Balaban J connectivity index is 2.68. The smallest absolute Gasteiger partial charge is 0.183 e. The third-order valence-corrected chi connectivity index (χ3v) is 0.846. The van der Waals surface area contributed by atoms with Crippen LogP contribution in [0.3, 0.4) is 0 Å². The van der Waals surface area contributed by atoms with Crippen molar-refractivity contribution in [2.45, 2.75) is 0 Å². The van der Waals surface area contributed by atoms with E-state index >= 15 is 0 Å². The molecule has 0 aromatic rings. The maximum atomic E-state index is 7.93. The summed E-state index contributed by atoms with van der Waals surface area (Å²) in [6.07, 6.45) is 5.23. The van der Waals surface area contributed by atoms with Crippen molar-refractivity contribution < 1.29 is 4.74 Å². The fraction of sp³-hybridized carbons (Fsp3) is 0.200. The first-order chi connectivity index (χ1) is 4.43. The molecule has 1 rings (SSSR count). The van der Waals surface area contributed by atoms with E-state index in [0.29, 0.717) is 12.5 Å². The van der Waals surface area contributed by atoms with E-state index in [4.69, 9.17) is 10.3 Å². The Kier molecular flexibility index (Phi) is 1.77. The van der Waals surface area contributed by atoms with Gasteiger partial charge < -0.3 is 4.74 Å². The molecule has 4 heteroatoms. The molecule has 1 aliphatic heterocycles. The number of rotatable bonds is 1. The van der Waals surface area contributed by atoms with Crippen LogP contribution in [-0.2, 0) is 4.74 Å². The van der Waals surface area contributed by atoms with Crippen LogP contribution in [0, 0.1) is 0 Å². The van der Waals surface area contributed by atoms with Crippen LogP contribution in [-0.4, -0.2) is 6.61 Å². The molecule has 46 valence electrons. The van der Waals surface area contributed by atoms with E-state index in [0.717, 1.165) is 0 Å². The number of azide groups is 1. The topological polar surface area (TPSA) is 58.0 Å². The Morgan fingerprint density at radius 1 is 1.78 bits per heavy atom. The summed E-state index contributed by atoms with van der Waals surface area (Å²) in [5.41, 5.74) is 7.93. The molecule has 0 saturated carbocycles. The average Bonchev–Trinajstić information content (AvgIpc) is 1.91. The zero-order chi connectivity index (χ0) is 6.53. The van der Waals surface area contributed by atoms with Crippen LogP contribution in [0.2, 0.25) is 0 Å². The quantitative estimate of drug-likeness (QED) is 0.297. The molecule has 0 fully saturated rings. The second kappa shape index (κ2) is 2.79. The van der Waals surface area contributed by atoms with Gasteiger partial charge in [-0.05, 0) is 22.8 Å². The molecule has 0 bridgehead atoms. The summed E-state index contributed by atoms with van der Waals surface area (Å²) < 4.78 is 4.87. The minimum Gasteiger partial charge on any atom is -0.487 e. The van der Waals surface area contributed by atoms with Crippen LogP contribution in [0.1, 0.15) is 0 Å². The molecule has 0 aromatic carbocycles. The van der Waals surface area contributed by atoms with Crippen molar-refractivity contribution in [3.8, 4) is 0 Å². The first kappa shape index (κ1) is 5.72. The minimum atomic E-state index is 0.333. The van der Waals surface area contributed by atoms with Crippen LogP contribution in [0.5, 0.6) is 0 Å². The summed E-state index contributed by atoms with van der Waals surface area (Å²) >= 11 is 0. The van der Waals surface area contributed by atoms with E-state index < -0.39 is 0 Å². The molecule has 0 N–H and O–H groups in total. The van der Waals surface area contributed by atoms with Crippen molar-refractivity contribution in [2.75, 3.05) is 6.61 Å². The molecular weight excluding hydrogens is 118 g/mol. The molecule has 0 amide bonds. The molecule has 0 radical (unpaired) electrons. The lowest BCUT2D eigenvalue weighted by atomic mass is 10.4. The maximum absolute atomic E-state index is 7.93. The number of hydrogen-bond acceptors (Lipinski definition) is 2. The number of nitrogens with zero attached hydrogens (tertiary/aromatic N) is 3. The molecule has 0 aromatic heterocycles. The summed E-state index contributed by atoms with van der Waals surface area (Å²) in [6.45, 7) is 0.491. The first-order valence-corrected chi connectivity index (χ1v) is 2.48. The average molecular weight is 123 g/mol. The van der Waals surface area contributed by atoms with E-state index in [1.807, 2.05) is 6.08 Å². The fourth-order valence-electron chi connectivity index (χ4n) is 0.494. The zero-order valence-electron chi connectivity index (χ0n) is 4.69. The van der Waals surface area contributed by atoms with Crippen LogP contribution in [0.4, 0.5) is 0 Å². The third kappa shape index (κ3) is 1.51. The van der Waals surface area contributed by atoms with Crippen molar-refractivity contribution in [3.05, 3.63) is 34.6 Å². The van der Waals surface area contributed by atoms with Gasteiger partial charge in [0.2, 0.25) is 0 Å². The molecule has 0 atom stereocenters. The predicted molar refractivity (Wildman–Crippen MR) is 32.3 cm³/mol. The van der Waals surface area contributed by atoms with E-state index in [1.165, 1.54) is 0 Å². The molecule has 1 aliphatic rings. The lowest BCUT2D eigenvalue weighted by molar-refractivity contribution is 0.240. The summed E-state index contributed by atoms with van der Waals surface area (Å²) in [5.74, 6) is 0.333. The molecule has 0 spiro atoms. The van der Waals surface area contributed by atoms with Crippen molar-refractivity contribution in [3.63, 3.8) is 0 Å². The highest BCUT2D eigenvalue weighted by Crippen LogP contribution is 2.04. The van der Waals surface area contributed by atoms with Gasteiger partial charge in [-0.1, -0.05) is 6.08 Å². The van der Waals surface area contributed by atoms with Gasteiger partial charge in [-0.3, -0.25) is 0 Å². The standard InChI is InChI=1S/C5H5N3O/c6-8-7-5-3-1-2-4-9-5/h1-3H,4H2. The Morgan fingerprint density at radius 3 is 3.22 bits per heavy atom. The Morgan fingerprint density at radius 2 is 2.67 bits per heavy atom. The summed E-state index contributed by atoms with van der Waals surface area (Å²) in [7, 11) is 0. The van der Waals surface area contributed by atoms with Gasteiger partial charge in [-0.2, -0.15) is 0 Å². The molecule has 4 nitrogen and oxygen atoms in total. The number of allylic oxidation sites excluding steroid dienone is 2. The zero-order valence-corrected chi connectivity index (χ0v) is 4.69. The molecular formula is C5H5N3O. The van der Waals surface area contributed by atoms with Gasteiger partial charge >= 0.3 is 0 Å². The monoisotopic (exact) mass is 123 g/mol. The van der Waals surface area contributed by atoms with Gasteiger partial charge in [0, 0.05) is 4.91 Å². The fourth-order valence-corrected chi connectivity index (χ4v) is 0.494. The van der Waals surface area contributed by atoms with Gasteiger partial charge in [0.15, 0.2) is 5.88 Å². The summed E-state index contributed by atoms with van der Waals surface area (Å²) in [6, 6.07) is 0. The molecule has 9 heavy (non-hydrogen) atoms. The van der Waals surface area contributed by atoms with Crippen molar-refractivity contribution >= 4 is 0 Å². The van der Waals surface area contributed by atoms with Crippen LogP contribution < -0.4 is 0 Å². The SMILES string of the molecule is [N-]=[N+]=NC1=CC=CCO1. The highest BCUT2D eigenvalue weighted by atomic mass is 16.5. The van der Waals surface area contributed by atoms with Crippen molar-refractivity contribution in [2.24, 2.45) is 5.11 Å². The van der Waals surface area contributed by atoms with Crippen LogP contribution in [0.15, 0.2) is 29.2 Å². The van der Waals surface area contributed by atoms with E-state index in [9.17, 15) is 0 Å². The highest BCUT2D eigenvalue weighted by molar-refractivity contribution is 5.10. The van der Waals surface area contributed by atoms with E-state index in [1.54, 1.807) is 12.2 Å². The lowest BCUT2D eigenvalue weighted by Crippen LogP contribution is -1.91. The number of ether oxygens (including phenoxy) is 1. The third-order valence-electron chi connectivity index (χ3n) is 0.846. The summed E-state index contributed by atoms with van der Waals surface area (Å²) in [4.78, 5) is 2.56. The Bertz CT molecular complexity index is 200. The van der Waals surface area contributed by atoms with Gasteiger partial charge in [0.25, 0.3) is 0 Å². The largest absolute Gasteiger partial charge is 0.487 e. The van der Waals surface area contributed by atoms with Gasteiger partial charge in [-0.15, -0.1) is 0 Å². The Hall–Kier alpha value is -1.41. The van der Waals surface area contributed by atoms with Gasteiger partial charge in [0.05, 0.1) is 0 Å². The van der Waals surface area contributed by atoms with Crippen molar-refractivity contribution in [1.29, 1.82) is 0 Å². The lowest BCUT2D eigenvalue weighted by Gasteiger charge is -2.03.